The Hall–Kier alpha value is -4.83. The van der Waals surface area contributed by atoms with Crippen LogP contribution in [0.3, 0.4) is 0 Å². The molecule has 2 amide bonds. The zero-order valence-corrected chi connectivity index (χ0v) is 29.5. The molecule has 0 radical (unpaired) electrons. The highest BCUT2D eigenvalue weighted by molar-refractivity contribution is 7.92. The Bertz CT molecular complexity index is 1820. The molecule has 0 saturated carbocycles. The average molecular weight is 672 g/mol. The van der Waals surface area contributed by atoms with Crippen molar-refractivity contribution >= 4 is 27.5 Å². The number of rotatable bonds is 14. The number of carbonyl (C=O) groups is 2. The highest BCUT2D eigenvalue weighted by Crippen LogP contribution is 2.33. The number of anilines is 1. The largest absolute Gasteiger partial charge is 0.493 e. The normalized spacial score (nSPS) is 11.9. The number of benzene rings is 4. The van der Waals surface area contributed by atoms with E-state index in [0.717, 1.165) is 32.1 Å². The van der Waals surface area contributed by atoms with Crippen molar-refractivity contribution in [3.63, 3.8) is 0 Å². The lowest BCUT2D eigenvalue weighted by molar-refractivity contribution is -0.140. The van der Waals surface area contributed by atoms with E-state index in [0.29, 0.717) is 11.4 Å². The Balaban J connectivity index is 1.86. The molecule has 254 valence electrons. The van der Waals surface area contributed by atoms with Gasteiger partial charge in [0.15, 0.2) is 11.5 Å². The molecule has 0 aliphatic heterocycles. The van der Waals surface area contributed by atoms with Crippen molar-refractivity contribution in [2.45, 2.75) is 64.6 Å². The summed E-state index contributed by atoms with van der Waals surface area (Å²) < 4.78 is 40.9. The van der Waals surface area contributed by atoms with Gasteiger partial charge in [-0.1, -0.05) is 66.2 Å². The van der Waals surface area contributed by atoms with Gasteiger partial charge in [0.2, 0.25) is 11.8 Å². The quantitative estimate of drug-likeness (QED) is 0.177. The number of methoxy groups -OCH3 is 2. The molecule has 9 nitrogen and oxygen atoms in total. The van der Waals surface area contributed by atoms with Crippen LogP contribution in [0.1, 0.15) is 41.7 Å². The van der Waals surface area contributed by atoms with E-state index in [4.69, 9.17) is 9.47 Å². The highest BCUT2D eigenvalue weighted by Gasteiger charge is 2.35. The van der Waals surface area contributed by atoms with Crippen LogP contribution >= 0.6 is 0 Å². The Kier molecular flexibility index (Phi) is 11.9. The number of ether oxygens (including phenoxy) is 2. The van der Waals surface area contributed by atoms with Crippen LogP contribution in [0.15, 0.2) is 95.9 Å². The summed E-state index contributed by atoms with van der Waals surface area (Å²) in [5.74, 6) is -0.246. The van der Waals surface area contributed by atoms with Crippen molar-refractivity contribution in [1.82, 2.24) is 10.2 Å². The Morgan fingerprint density at radius 2 is 1.40 bits per heavy atom. The predicted molar refractivity (Wildman–Crippen MR) is 189 cm³/mol. The zero-order valence-electron chi connectivity index (χ0n) is 28.7. The van der Waals surface area contributed by atoms with Gasteiger partial charge in [-0.05, 0) is 81.1 Å². The summed E-state index contributed by atoms with van der Waals surface area (Å²) >= 11 is 0. The minimum absolute atomic E-state index is 0.0734. The van der Waals surface area contributed by atoms with Gasteiger partial charge in [-0.25, -0.2) is 8.42 Å². The van der Waals surface area contributed by atoms with Gasteiger partial charge >= 0.3 is 0 Å². The van der Waals surface area contributed by atoms with Gasteiger partial charge in [0.1, 0.15) is 12.6 Å². The van der Waals surface area contributed by atoms with E-state index in [9.17, 15) is 18.0 Å². The van der Waals surface area contributed by atoms with Gasteiger partial charge in [-0.3, -0.25) is 13.9 Å². The van der Waals surface area contributed by atoms with Crippen LogP contribution in [0.2, 0.25) is 0 Å². The van der Waals surface area contributed by atoms with Crippen molar-refractivity contribution in [3.05, 3.63) is 119 Å². The minimum atomic E-state index is -4.33. The number of carbonyl (C=O) groups excluding carboxylic acids is 2. The lowest BCUT2D eigenvalue weighted by Crippen LogP contribution is -2.54. The molecular formula is C38H45N3O6S. The monoisotopic (exact) mass is 671 g/mol. The van der Waals surface area contributed by atoms with Gasteiger partial charge in [0, 0.05) is 25.1 Å². The van der Waals surface area contributed by atoms with Crippen LogP contribution in [0.5, 0.6) is 11.5 Å². The lowest BCUT2D eigenvalue weighted by Gasteiger charge is -2.34. The summed E-state index contributed by atoms with van der Waals surface area (Å²) in [5, 5.41) is 2.98. The fraction of sp³-hybridized carbons (Fsp3) is 0.316. The molecule has 48 heavy (non-hydrogen) atoms. The fourth-order valence-electron chi connectivity index (χ4n) is 5.67. The Labute approximate surface area is 284 Å². The summed E-state index contributed by atoms with van der Waals surface area (Å²) in [7, 11) is -1.43. The van der Waals surface area contributed by atoms with Crippen LogP contribution in [-0.4, -0.2) is 58.0 Å². The first-order chi connectivity index (χ1) is 22.8. The first-order valence-corrected chi connectivity index (χ1v) is 17.3. The van der Waals surface area contributed by atoms with E-state index in [-0.39, 0.29) is 35.6 Å². The number of sulfonamides is 1. The summed E-state index contributed by atoms with van der Waals surface area (Å²) in [5.41, 5.74) is 4.68. The van der Waals surface area contributed by atoms with E-state index in [2.05, 4.69) is 5.32 Å². The molecule has 0 spiro atoms. The van der Waals surface area contributed by atoms with Crippen LogP contribution in [-0.2, 0) is 32.6 Å². The molecule has 0 aromatic heterocycles. The van der Waals surface area contributed by atoms with Gasteiger partial charge < -0.3 is 19.7 Å². The molecule has 0 heterocycles. The molecule has 1 N–H and O–H groups in total. The minimum Gasteiger partial charge on any atom is -0.493 e. The van der Waals surface area contributed by atoms with Gasteiger partial charge in [-0.2, -0.15) is 0 Å². The van der Waals surface area contributed by atoms with E-state index in [1.807, 2.05) is 95.3 Å². The second kappa shape index (κ2) is 15.8. The van der Waals surface area contributed by atoms with Crippen LogP contribution in [0, 0.1) is 20.8 Å². The molecule has 0 unspecified atom stereocenters. The summed E-state index contributed by atoms with van der Waals surface area (Å²) in [6.45, 7) is 8.97. The molecular weight excluding hydrogens is 627 g/mol. The Morgan fingerprint density at radius 3 is 2.00 bits per heavy atom. The molecule has 0 fully saturated rings. The number of nitrogens with one attached hydrogen (secondary N) is 1. The molecule has 0 aliphatic rings. The van der Waals surface area contributed by atoms with Crippen molar-refractivity contribution < 1.29 is 27.5 Å². The molecule has 4 aromatic rings. The number of aryl methyl sites for hydroxylation is 3. The van der Waals surface area contributed by atoms with Crippen LogP contribution in [0.4, 0.5) is 5.69 Å². The Morgan fingerprint density at radius 1 is 0.750 bits per heavy atom. The number of nitrogens with zero attached hydrogens (tertiary/aromatic N) is 2. The second-order valence-electron chi connectivity index (χ2n) is 12.3. The smallest absolute Gasteiger partial charge is 0.264 e. The molecule has 4 aromatic carbocycles. The molecule has 0 saturated heterocycles. The molecule has 0 aliphatic carbocycles. The fourth-order valence-corrected chi connectivity index (χ4v) is 7.08. The van der Waals surface area contributed by atoms with Crippen LogP contribution < -0.4 is 19.1 Å². The molecule has 10 heteroatoms. The summed E-state index contributed by atoms with van der Waals surface area (Å²) in [6, 6.07) is 25.8. The SMILES string of the molecule is COc1ccc(S(=O)(=O)N(CC(=O)N(Cc2cccc(C)c2)[C@@H](Cc2ccccc2)C(=O)NC(C)C)c2cc(C)cc(C)c2)cc1OC. The predicted octanol–water partition coefficient (Wildman–Crippen LogP) is 5.99. The molecule has 4 rings (SSSR count). The lowest BCUT2D eigenvalue weighted by atomic mass is 10.0. The van der Waals surface area contributed by atoms with E-state index < -0.39 is 28.5 Å². The number of amides is 2. The van der Waals surface area contributed by atoms with E-state index in [1.54, 1.807) is 12.1 Å². The summed E-state index contributed by atoms with van der Waals surface area (Å²) in [6.07, 6.45) is 0.239. The summed E-state index contributed by atoms with van der Waals surface area (Å²) in [4.78, 5) is 30.0. The number of hydrogen-bond donors (Lipinski definition) is 1. The first-order valence-electron chi connectivity index (χ1n) is 15.8. The van der Waals surface area contributed by atoms with Crippen molar-refractivity contribution in [3.8, 4) is 11.5 Å². The van der Waals surface area contributed by atoms with Gasteiger partial charge in [0.25, 0.3) is 10.0 Å². The highest BCUT2D eigenvalue weighted by atomic mass is 32.2. The maximum absolute atomic E-state index is 14.7. The molecule has 0 bridgehead atoms. The standard InChI is InChI=1S/C38H45N3O6S/c1-26(2)39-38(43)34(22-30-13-9-8-10-14-30)40(24-31-15-11-12-27(3)19-31)37(42)25-41(32-20-28(4)18-29(5)21-32)48(44,45)33-16-17-35(46-6)36(23-33)47-7/h8-21,23,26,34H,22,24-25H2,1-7H3,(H,39,43)/t34-/m0/s1. The third kappa shape index (κ3) is 8.95. The first kappa shape index (κ1) is 36.0. The number of hydrogen-bond acceptors (Lipinski definition) is 6. The van der Waals surface area contributed by atoms with Crippen molar-refractivity contribution in [2.24, 2.45) is 0 Å². The van der Waals surface area contributed by atoms with Crippen LogP contribution in [0.25, 0.3) is 0 Å². The zero-order chi connectivity index (χ0) is 35.0. The molecule has 1 atom stereocenters. The van der Waals surface area contributed by atoms with Gasteiger partial charge in [-0.15, -0.1) is 0 Å². The average Bonchev–Trinajstić information content (AvgIpc) is 3.04. The maximum Gasteiger partial charge on any atom is 0.264 e. The van der Waals surface area contributed by atoms with E-state index in [1.165, 1.54) is 37.3 Å². The van der Waals surface area contributed by atoms with Crippen molar-refractivity contribution in [1.29, 1.82) is 0 Å². The maximum atomic E-state index is 14.7. The third-order valence-corrected chi connectivity index (χ3v) is 9.62. The van der Waals surface area contributed by atoms with Crippen molar-refractivity contribution in [2.75, 3.05) is 25.1 Å². The third-order valence-electron chi connectivity index (χ3n) is 7.85. The van der Waals surface area contributed by atoms with Gasteiger partial charge in [0.05, 0.1) is 24.8 Å². The topological polar surface area (TPSA) is 105 Å². The van der Waals surface area contributed by atoms with E-state index >= 15 is 0 Å². The second-order valence-corrected chi connectivity index (χ2v) is 14.1.